The number of carbonyl (C=O) groups is 1. The molecule has 116 valence electrons. The number of hydrogen-bond acceptors (Lipinski definition) is 3. The standard InChI is InChI=1S/C15H15BrN2O3S/c16-13-8-6-12(7-9-13)11-22(20,21)17-10-15(19)18-14-4-2-1-3-5-14/h1-9,17H,10-11H2,(H,18,19). The first-order chi connectivity index (χ1) is 10.4. The number of para-hydroxylation sites is 1. The fourth-order valence-corrected chi connectivity index (χ4v) is 3.10. The van der Waals surface area contributed by atoms with E-state index in [1.165, 1.54) is 0 Å². The van der Waals surface area contributed by atoms with Crippen LogP contribution in [-0.4, -0.2) is 20.9 Å². The van der Waals surface area contributed by atoms with Gasteiger partial charge in [-0.3, -0.25) is 4.79 Å². The summed E-state index contributed by atoms with van der Waals surface area (Å²) in [5.41, 5.74) is 1.28. The topological polar surface area (TPSA) is 75.3 Å². The molecule has 0 aromatic heterocycles. The monoisotopic (exact) mass is 382 g/mol. The third kappa shape index (κ3) is 5.59. The highest BCUT2D eigenvalue weighted by Gasteiger charge is 2.13. The van der Waals surface area contributed by atoms with Crippen LogP contribution in [0.15, 0.2) is 59.1 Å². The predicted octanol–water partition coefficient (Wildman–Crippen LogP) is 2.51. The van der Waals surface area contributed by atoms with E-state index < -0.39 is 15.9 Å². The Morgan fingerprint density at radius 3 is 2.27 bits per heavy atom. The third-order valence-corrected chi connectivity index (χ3v) is 4.61. The molecule has 2 rings (SSSR count). The van der Waals surface area contributed by atoms with E-state index in [-0.39, 0.29) is 12.3 Å². The van der Waals surface area contributed by atoms with Crippen LogP contribution in [0.3, 0.4) is 0 Å². The molecule has 2 N–H and O–H groups in total. The minimum absolute atomic E-state index is 0.168. The Morgan fingerprint density at radius 2 is 1.64 bits per heavy atom. The summed E-state index contributed by atoms with van der Waals surface area (Å²) in [7, 11) is -3.56. The van der Waals surface area contributed by atoms with Gasteiger partial charge in [0.1, 0.15) is 0 Å². The molecule has 7 heteroatoms. The van der Waals surface area contributed by atoms with E-state index in [2.05, 4.69) is 26.0 Å². The zero-order chi connectivity index (χ0) is 16.0. The normalized spacial score (nSPS) is 11.1. The summed E-state index contributed by atoms with van der Waals surface area (Å²) in [6, 6.07) is 15.8. The first-order valence-electron chi connectivity index (χ1n) is 6.51. The smallest absolute Gasteiger partial charge is 0.239 e. The number of rotatable bonds is 6. The maximum absolute atomic E-state index is 11.9. The second-order valence-electron chi connectivity index (χ2n) is 4.62. The first-order valence-corrected chi connectivity index (χ1v) is 8.96. The van der Waals surface area contributed by atoms with E-state index in [4.69, 9.17) is 0 Å². The molecular weight excluding hydrogens is 368 g/mol. The molecule has 5 nitrogen and oxygen atoms in total. The van der Waals surface area contributed by atoms with E-state index in [0.717, 1.165) is 4.47 Å². The van der Waals surface area contributed by atoms with Gasteiger partial charge in [0.15, 0.2) is 0 Å². The van der Waals surface area contributed by atoms with Crippen molar-refractivity contribution in [2.24, 2.45) is 0 Å². The van der Waals surface area contributed by atoms with E-state index in [1.54, 1.807) is 48.5 Å². The van der Waals surface area contributed by atoms with E-state index >= 15 is 0 Å². The summed E-state index contributed by atoms with van der Waals surface area (Å²) in [5, 5.41) is 2.61. The number of anilines is 1. The van der Waals surface area contributed by atoms with Gasteiger partial charge in [-0.25, -0.2) is 13.1 Å². The molecule has 0 fully saturated rings. The number of benzene rings is 2. The van der Waals surface area contributed by atoms with Crippen LogP contribution < -0.4 is 10.0 Å². The highest BCUT2D eigenvalue weighted by atomic mass is 79.9. The SMILES string of the molecule is O=C(CNS(=O)(=O)Cc1ccc(Br)cc1)Nc1ccccc1. The quantitative estimate of drug-likeness (QED) is 0.805. The van der Waals surface area contributed by atoms with Gasteiger partial charge in [-0.05, 0) is 29.8 Å². The molecular formula is C15H15BrN2O3S. The summed E-state index contributed by atoms with van der Waals surface area (Å²) in [4.78, 5) is 11.7. The summed E-state index contributed by atoms with van der Waals surface area (Å²) in [6.45, 7) is -0.298. The van der Waals surface area contributed by atoms with Gasteiger partial charge in [-0.1, -0.05) is 46.3 Å². The molecule has 0 saturated heterocycles. The lowest BCUT2D eigenvalue weighted by Crippen LogP contribution is -2.33. The number of nitrogens with one attached hydrogen (secondary N) is 2. The van der Waals surface area contributed by atoms with Crippen molar-refractivity contribution in [2.45, 2.75) is 5.75 Å². The minimum Gasteiger partial charge on any atom is -0.325 e. The first kappa shape index (κ1) is 16.7. The van der Waals surface area contributed by atoms with Gasteiger partial charge < -0.3 is 5.32 Å². The number of hydrogen-bond donors (Lipinski definition) is 2. The van der Waals surface area contributed by atoms with Gasteiger partial charge in [0.05, 0.1) is 12.3 Å². The van der Waals surface area contributed by atoms with Crippen LogP contribution in [0, 0.1) is 0 Å². The number of amides is 1. The maximum atomic E-state index is 11.9. The van der Waals surface area contributed by atoms with Crippen molar-refractivity contribution in [1.82, 2.24) is 4.72 Å². The van der Waals surface area contributed by atoms with Gasteiger partial charge in [-0.2, -0.15) is 0 Å². The van der Waals surface area contributed by atoms with Gasteiger partial charge >= 0.3 is 0 Å². The molecule has 0 saturated carbocycles. The van der Waals surface area contributed by atoms with Crippen molar-refractivity contribution in [3.05, 3.63) is 64.6 Å². The number of carbonyl (C=O) groups excluding carboxylic acids is 1. The van der Waals surface area contributed by atoms with E-state index in [9.17, 15) is 13.2 Å². The minimum atomic E-state index is -3.56. The molecule has 2 aromatic rings. The van der Waals surface area contributed by atoms with E-state index in [0.29, 0.717) is 11.3 Å². The molecule has 0 radical (unpaired) electrons. The van der Waals surface area contributed by atoms with Gasteiger partial charge in [0, 0.05) is 10.2 Å². The Labute approximate surface area is 137 Å². The van der Waals surface area contributed by atoms with Crippen LogP contribution in [0.2, 0.25) is 0 Å². The Bertz CT molecular complexity index is 731. The van der Waals surface area contributed by atoms with Crippen LogP contribution in [-0.2, 0) is 20.6 Å². The largest absolute Gasteiger partial charge is 0.325 e. The molecule has 0 aliphatic heterocycles. The Hall–Kier alpha value is -1.70. The highest BCUT2D eigenvalue weighted by Crippen LogP contribution is 2.12. The second-order valence-corrected chi connectivity index (χ2v) is 7.34. The van der Waals surface area contributed by atoms with Crippen molar-refractivity contribution in [1.29, 1.82) is 0 Å². The number of halogens is 1. The summed E-state index contributed by atoms with van der Waals surface area (Å²) < 4.78 is 27.0. The zero-order valence-corrected chi connectivity index (χ0v) is 14.0. The lowest BCUT2D eigenvalue weighted by molar-refractivity contribution is -0.115. The lowest BCUT2D eigenvalue weighted by Gasteiger charge is -2.08. The summed E-state index contributed by atoms with van der Waals surface area (Å²) in [6.07, 6.45) is 0. The zero-order valence-electron chi connectivity index (χ0n) is 11.6. The molecule has 0 unspecified atom stereocenters. The van der Waals surface area contributed by atoms with E-state index in [1.807, 2.05) is 6.07 Å². The molecule has 2 aromatic carbocycles. The fourth-order valence-electron chi connectivity index (χ4n) is 1.75. The summed E-state index contributed by atoms with van der Waals surface area (Å²) >= 11 is 3.29. The van der Waals surface area contributed by atoms with Crippen LogP contribution in [0.4, 0.5) is 5.69 Å². The molecule has 1 amide bonds. The van der Waals surface area contributed by atoms with Crippen LogP contribution in [0.5, 0.6) is 0 Å². The molecule has 0 heterocycles. The van der Waals surface area contributed by atoms with Gasteiger partial charge in [0.2, 0.25) is 15.9 Å². The Balaban J connectivity index is 1.87. The number of sulfonamides is 1. The summed E-state index contributed by atoms with van der Waals surface area (Å²) in [5.74, 6) is -0.579. The molecule has 0 aliphatic rings. The van der Waals surface area contributed by atoms with Crippen LogP contribution in [0.25, 0.3) is 0 Å². The average molecular weight is 383 g/mol. The molecule has 0 spiro atoms. The van der Waals surface area contributed by atoms with Crippen molar-refractivity contribution < 1.29 is 13.2 Å². The second kappa shape index (κ2) is 7.53. The van der Waals surface area contributed by atoms with Crippen molar-refractivity contribution >= 4 is 37.5 Å². The maximum Gasteiger partial charge on any atom is 0.239 e. The molecule has 0 bridgehead atoms. The van der Waals surface area contributed by atoms with Crippen molar-refractivity contribution in [2.75, 3.05) is 11.9 Å². The Morgan fingerprint density at radius 1 is 1.00 bits per heavy atom. The molecule has 22 heavy (non-hydrogen) atoms. The van der Waals surface area contributed by atoms with Crippen molar-refractivity contribution in [3.63, 3.8) is 0 Å². The average Bonchev–Trinajstić information content (AvgIpc) is 2.49. The molecule has 0 aliphatic carbocycles. The lowest BCUT2D eigenvalue weighted by atomic mass is 10.2. The fraction of sp³-hybridized carbons (Fsp3) is 0.133. The third-order valence-electron chi connectivity index (χ3n) is 2.78. The van der Waals surface area contributed by atoms with Crippen LogP contribution >= 0.6 is 15.9 Å². The van der Waals surface area contributed by atoms with Crippen molar-refractivity contribution in [3.8, 4) is 0 Å². The van der Waals surface area contributed by atoms with Gasteiger partial charge in [0.25, 0.3) is 0 Å². The highest BCUT2D eigenvalue weighted by molar-refractivity contribution is 9.10. The molecule has 0 atom stereocenters. The Kier molecular flexibility index (Phi) is 5.70. The predicted molar refractivity (Wildman–Crippen MR) is 89.8 cm³/mol. The van der Waals surface area contributed by atoms with Gasteiger partial charge in [-0.15, -0.1) is 0 Å². The van der Waals surface area contributed by atoms with Crippen LogP contribution in [0.1, 0.15) is 5.56 Å².